The molecule has 1 aliphatic carbocycles. The lowest BCUT2D eigenvalue weighted by Crippen LogP contribution is -2.37. The third-order valence-electron chi connectivity index (χ3n) is 3.91. The minimum Gasteiger partial charge on any atom is -0.347 e. The summed E-state index contributed by atoms with van der Waals surface area (Å²) < 4.78 is 25.2. The van der Waals surface area contributed by atoms with Crippen LogP contribution in [0.25, 0.3) is 0 Å². The predicted octanol–water partition coefficient (Wildman–Crippen LogP) is 1.87. The van der Waals surface area contributed by atoms with Crippen LogP contribution in [0, 0.1) is 0 Å². The van der Waals surface area contributed by atoms with E-state index in [2.05, 4.69) is 10.3 Å². The van der Waals surface area contributed by atoms with Gasteiger partial charge in [-0.15, -0.1) is 11.3 Å². The second kappa shape index (κ2) is 5.85. The zero-order valence-electron chi connectivity index (χ0n) is 12.1. The Kier molecular flexibility index (Phi) is 4.05. The van der Waals surface area contributed by atoms with Gasteiger partial charge in [0.2, 0.25) is 0 Å². The molecular formula is C14H17N3O3S2. The highest BCUT2D eigenvalue weighted by molar-refractivity contribution is 7.92. The smallest absolute Gasteiger partial charge is 0.252 e. The van der Waals surface area contributed by atoms with Gasteiger partial charge >= 0.3 is 0 Å². The van der Waals surface area contributed by atoms with Crippen LogP contribution in [-0.4, -0.2) is 36.2 Å². The van der Waals surface area contributed by atoms with Crippen molar-refractivity contribution in [3.05, 3.63) is 35.7 Å². The molecule has 0 aromatic carbocycles. The maximum atomic E-state index is 12.3. The highest BCUT2D eigenvalue weighted by Gasteiger charge is 2.30. The minimum absolute atomic E-state index is 0.0447. The number of nitrogens with zero attached hydrogens (tertiary/aromatic N) is 2. The highest BCUT2D eigenvalue weighted by atomic mass is 32.2. The molecule has 0 saturated heterocycles. The van der Waals surface area contributed by atoms with Gasteiger partial charge < -0.3 is 9.88 Å². The van der Waals surface area contributed by atoms with Crippen LogP contribution in [0.1, 0.15) is 35.7 Å². The van der Waals surface area contributed by atoms with Gasteiger partial charge in [0, 0.05) is 30.1 Å². The molecule has 2 aromatic heterocycles. The lowest BCUT2D eigenvalue weighted by atomic mass is 10.1. The number of aromatic nitrogens is 2. The number of carbonyl (C=O) groups excluding carboxylic acids is 1. The summed E-state index contributed by atoms with van der Waals surface area (Å²) in [6, 6.07) is 1.69. The largest absolute Gasteiger partial charge is 0.347 e. The van der Waals surface area contributed by atoms with Crippen molar-refractivity contribution in [2.45, 2.75) is 35.6 Å². The Hall–Kier alpha value is -1.67. The van der Waals surface area contributed by atoms with Crippen molar-refractivity contribution in [2.24, 2.45) is 0 Å². The summed E-state index contributed by atoms with van der Waals surface area (Å²) in [7, 11) is -3.26. The van der Waals surface area contributed by atoms with Crippen LogP contribution in [0.4, 0.5) is 0 Å². The molecule has 2 aromatic rings. The fraction of sp³-hybridized carbons (Fsp3) is 0.429. The second-order valence-electron chi connectivity index (χ2n) is 5.51. The maximum Gasteiger partial charge on any atom is 0.252 e. The Bertz CT molecular complexity index is 765. The third kappa shape index (κ3) is 3.07. The average Bonchev–Trinajstić information content (AvgIpc) is 3.19. The molecule has 1 fully saturated rings. The number of hydrogen-bond acceptors (Lipinski definition) is 5. The average molecular weight is 339 g/mol. The topological polar surface area (TPSA) is 81.1 Å². The molecule has 0 aliphatic heterocycles. The van der Waals surface area contributed by atoms with Crippen LogP contribution in [-0.2, 0) is 9.84 Å². The number of sulfone groups is 1. The van der Waals surface area contributed by atoms with E-state index in [1.807, 2.05) is 10.8 Å². The predicted molar refractivity (Wildman–Crippen MR) is 83.8 cm³/mol. The first-order valence-corrected chi connectivity index (χ1v) is 9.79. The monoisotopic (exact) mass is 339 g/mol. The molecule has 6 nitrogen and oxygen atoms in total. The van der Waals surface area contributed by atoms with Crippen molar-refractivity contribution in [1.29, 1.82) is 0 Å². The van der Waals surface area contributed by atoms with Gasteiger partial charge in [-0.05, 0) is 25.3 Å². The number of rotatable bonds is 4. The zero-order valence-corrected chi connectivity index (χ0v) is 13.7. The molecule has 1 amide bonds. The summed E-state index contributed by atoms with van der Waals surface area (Å²) >= 11 is 1.08. The van der Waals surface area contributed by atoms with E-state index in [4.69, 9.17) is 0 Å². The number of thiophene rings is 1. The second-order valence-corrected chi connectivity index (χ2v) is 8.67. The van der Waals surface area contributed by atoms with Crippen LogP contribution in [0.5, 0.6) is 0 Å². The van der Waals surface area contributed by atoms with E-state index in [0.29, 0.717) is 5.56 Å². The van der Waals surface area contributed by atoms with E-state index < -0.39 is 9.84 Å². The summed E-state index contributed by atoms with van der Waals surface area (Å²) in [5, 5.41) is 4.61. The van der Waals surface area contributed by atoms with Gasteiger partial charge in [-0.2, -0.15) is 0 Å². The van der Waals surface area contributed by atoms with Gasteiger partial charge in [-0.25, -0.2) is 13.4 Å². The molecule has 3 rings (SSSR count). The highest BCUT2D eigenvalue weighted by Crippen LogP contribution is 2.30. The van der Waals surface area contributed by atoms with Crippen molar-refractivity contribution in [3.63, 3.8) is 0 Å². The molecule has 1 saturated carbocycles. The number of amides is 1. The lowest BCUT2D eigenvalue weighted by molar-refractivity contribution is 0.0929. The van der Waals surface area contributed by atoms with Crippen LogP contribution in [0.2, 0.25) is 0 Å². The number of nitrogens with one attached hydrogen (secondary N) is 1. The van der Waals surface area contributed by atoms with Crippen LogP contribution >= 0.6 is 11.3 Å². The first kappa shape index (κ1) is 15.2. The molecular weight excluding hydrogens is 322 g/mol. The van der Waals surface area contributed by atoms with E-state index in [9.17, 15) is 13.2 Å². The number of carbonyl (C=O) groups is 1. The van der Waals surface area contributed by atoms with Crippen LogP contribution in [0.3, 0.4) is 0 Å². The third-order valence-corrected chi connectivity index (χ3v) is 6.67. The van der Waals surface area contributed by atoms with E-state index in [0.717, 1.165) is 36.9 Å². The van der Waals surface area contributed by atoms with E-state index in [1.165, 1.54) is 6.07 Å². The summed E-state index contributed by atoms with van der Waals surface area (Å²) in [6.07, 6.45) is 9.51. The SMILES string of the molecule is CS(=O)(=O)c1cc(C(=O)N[C@@H]2CCC[C@@H]2n2ccnc2)cs1. The molecule has 0 spiro atoms. The lowest BCUT2D eigenvalue weighted by Gasteiger charge is -2.21. The summed E-state index contributed by atoms with van der Waals surface area (Å²) in [5.41, 5.74) is 0.404. The zero-order chi connectivity index (χ0) is 15.7. The van der Waals surface area contributed by atoms with Crippen molar-refractivity contribution in [2.75, 3.05) is 6.26 Å². The fourth-order valence-electron chi connectivity index (χ4n) is 2.81. The standard InChI is InChI=1S/C14H17N3O3S2/c1-22(19,20)13-7-10(8-21-13)14(18)16-11-3-2-4-12(11)17-6-5-15-9-17/h5-9,11-12H,2-4H2,1H3,(H,16,18)/t11-,12+/m1/s1. The van der Waals surface area contributed by atoms with Gasteiger partial charge in [0.15, 0.2) is 9.84 Å². The minimum atomic E-state index is -3.26. The number of hydrogen-bond donors (Lipinski definition) is 1. The molecule has 118 valence electrons. The van der Waals surface area contributed by atoms with Gasteiger partial charge in [0.05, 0.1) is 17.9 Å². The molecule has 0 radical (unpaired) electrons. The fourth-order valence-corrected chi connectivity index (χ4v) is 4.61. The van der Waals surface area contributed by atoms with E-state index >= 15 is 0 Å². The van der Waals surface area contributed by atoms with Crippen molar-refractivity contribution in [1.82, 2.24) is 14.9 Å². The number of imidazole rings is 1. The van der Waals surface area contributed by atoms with Gasteiger partial charge in [-0.3, -0.25) is 4.79 Å². The first-order valence-electron chi connectivity index (χ1n) is 7.02. The molecule has 22 heavy (non-hydrogen) atoms. The summed E-state index contributed by atoms with van der Waals surface area (Å²) in [4.78, 5) is 16.4. The molecule has 8 heteroatoms. The van der Waals surface area contributed by atoms with E-state index in [-0.39, 0.29) is 22.2 Å². The quantitative estimate of drug-likeness (QED) is 0.922. The van der Waals surface area contributed by atoms with Gasteiger partial charge in [0.1, 0.15) is 4.21 Å². The van der Waals surface area contributed by atoms with Crippen molar-refractivity contribution < 1.29 is 13.2 Å². The van der Waals surface area contributed by atoms with Crippen molar-refractivity contribution in [3.8, 4) is 0 Å². The van der Waals surface area contributed by atoms with Gasteiger partial charge in [-0.1, -0.05) is 0 Å². The summed E-state index contributed by atoms with van der Waals surface area (Å²) in [6.45, 7) is 0. The Balaban J connectivity index is 1.72. The molecule has 0 unspecified atom stereocenters. The molecule has 1 N–H and O–H groups in total. The maximum absolute atomic E-state index is 12.3. The Morgan fingerprint density at radius 1 is 1.45 bits per heavy atom. The van der Waals surface area contributed by atoms with Crippen LogP contribution in [0.15, 0.2) is 34.4 Å². The Morgan fingerprint density at radius 2 is 2.27 bits per heavy atom. The Labute approximate surface area is 133 Å². The normalized spacial score (nSPS) is 21.9. The summed E-state index contributed by atoms with van der Waals surface area (Å²) in [5.74, 6) is -0.219. The van der Waals surface area contributed by atoms with Crippen LogP contribution < -0.4 is 5.32 Å². The molecule has 2 atom stereocenters. The molecule has 2 heterocycles. The van der Waals surface area contributed by atoms with Crippen molar-refractivity contribution >= 4 is 27.1 Å². The van der Waals surface area contributed by atoms with E-state index in [1.54, 1.807) is 17.9 Å². The first-order chi connectivity index (χ1) is 10.4. The van der Waals surface area contributed by atoms with Gasteiger partial charge in [0.25, 0.3) is 5.91 Å². The molecule has 1 aliphatic rings. The Morgan fingerprint density at radius 3 is 2.91 bits per heavy atom. The molecule has 0 bridgehead atoms.